The van der Waals surface area contributed by atoms with E-state index in [0.717, 1.165) is 10.5 Å². The molecule has 3 aromatic rings. The summed E-state index contributed by atoms with van der Waals surface area (Å²) in [5, 5.41) is 1.35. The Bertz CT molecular complexity index is 986. The van der Waals surface area contributed by atoms with Gasteiger partial charge in [-0.25, -0.2) is 23.4 Å². The third kappa shape index (κ3) is 2.60. The van der Waals surface area contributed by atoms with Gasteiger partial charge in [-0.1, -0.05) is 11.6 Å². The molecule has 1 atom stereocenters. The third-order valence-electron chi connectivity index (χ3n) is 3.72. The first-order chi connectivity index (χ1) is 11.0. The van der Waals surface area contributed by atoms with Gasteiger partial charge in [-0.15, -0.1) is 11.8 Å². The van der Waals surface area contributed by atoms with Crippen LogP contribution in [0.2, 0.25) is 5.02 Å². The van der Waals surface area contributed by atoms with Gasteiger partial charge < -0.3 is 4.57 Å². The highest BCUT2D eigenvalue weighted by atomic mass is 35.5. The van der Waals surface area contributed by atoms with E-state index in [1.807, 2.05) is 4.57 Å². The first-order valence-electron chi connectivity index (χ1n) is 6.83. The SMILES string of the molecule is O=S(=O)(CC1CSc2ncnc3ncn1c23)c1ccc(Cl)cc1. The van der Waals surface area contributed by atoms with Crippen molar-refractivity contribution >= 4 is 44.4 Å². The molecule has 0 saturated heterocycles. The number of sulfone groups is 1. The minimum absolute atomic E-state index is 0.00142. The van der Waals surface area contributed by atoms with Crippen molar-refractivity contribution in [2.45, 2.75) is 16.0 Å². The number of imidazole rings is 1. The predicted octanol–water partition coefficient (Wildman–Crippen LogP) is 2.60. The molecule has 0 amide bonds. The Morgan fingerprint density at radius 1 is 1.22 bits per heavy atom. The van der Waals surface area contributed by atoms with E-state index >= 15 is 0 Å². The first-order valence-corrected chi connectivity index (χ1v) is 9.85. The first kappa shape index (κ1) is 14.9. The second-order valence-electron chi connectivity index (χ2n) is 5.20. The van der Waals surface area contributed by atoms with Crippen LogP contribution in [0.25, 0.3) is 11.2 Å². The fourth-order valence-corrected chi connectivity index (χ4v) is 5.49. The van der Waals surface area contributed by atoms with E-state index in [0.29, 0.717) is 16.4 Å². The van der Waals surface area contributed by atoms with Gasteiger partial charge in [0.25, 0.3) is 0 Å². The van der Waals surface area contributed by atoms with Crippen LogP contribution in [0.1, 0.15) is 6.04 Å². The molecular weight excluding hydrogens is 356 g/mol. The van der Waals surface area contributed by atoms with Crippen LogP contribution in [0.15, 0.2) is 46.8 Å². The topological polar surface area (TPSA) is 77.7 Å². The molecule has 6 nitrogen and oxygen atoms in total. The van der Waals surface area contributed by atoms with Crippen molar-refractivity contribution in [3.05, 3.63) is 41.9 Å². The molecule has 0 radical (unpaired) electrons. The van der Waals surface area contributed by atoms with Crippen LogP contribution in [-0.4, -0.2) is 39.4 Å². The predicted molar refractivity (Wildman–Crippen MR) is 88.6 cm³/mol. The Hall–Kier alpha value is -1.64. The summed E-state index contributed by atoms with van der Waals surface area (Å²) in [6.07, 6.45) is 3.12. The van der Waals surface area contributed by atoms with Crippen molar-refractivity contribution < 1.29 is 8.42 Å². The Morgan fingerprint density at radius 2 is 2.00 bits per heavy atom. The zero-order valence-corrected chi connectivity index (χ0v) is 14.1. The van der Waals surface area contributed by atoms with Crippen LogP contribution in [0, 0.1) is 0 Å². The zero-order chi connectivity index (χ0) is 16.0. The number of hydrogen-bond donors (Lipinski definition) is 0. The van der Waals surface area contributed by atoms with E-state index in [1.165, 1.54) is 30.2 Å². The second-order valence-corrected chi connectivity index (χ2v) is 8.68. The summed E-state index contributed by atoms with van der Waals surface area (Å²) in [5.41, 5.74) is 1.40. The molecule has 3 heterocycles. The maximum Gasteiger partial charge on any atom is 0.181 e. The van der Waals surface area contributed by atoms with Gasteiger partial charge in [0.05, 0.1) is 23.0 Å². The molecule has 0 aliphatic carbocycles. The minimum atomic E-state index is -3.42. The summed E-state index contributed by atoms with van der Waals surface area (Å²) < 4.78 is 27.2. The monoisotopic (exact) mass is 366 g/mol. The molecule has 0 spiro atoms. The largest absolute Gasteiger partial charge is 0.322 e. The Kier molecular flexibility index (Phi) is 3.55. The smallest absolute Gasteiger partial charge is 0.181 e. The van der Waals surface area contributed by atoms with E-state index in [2.05, 4.69) is 15.0 Å². The van der Waals surface area contributed by atoms with Crippen molar-refractivity contribution in [2.24, 2.45) is 0 Å². The normalized spacial score (nSPS) is 17.5. The van der Waals surface area contributed by atoms with Gasteiger partial charge in [-0.05, 0) is 24.3 Å². The Balaban J connectivity index is 1.71. The second kappa shape index (κ2) is 5.47. The maximum absolute atomic E-state index is 12.6. The van der Waals surface area contributed by atoms with Crippen molar-refractivity contribution in [1.82, 2.24) is 19.5 Å². The molecule has 0 N–H and O–H groups in total. The summed E-state index contributed by atoms with van der Waals surface area (Å²) in [6, 6.07) is 6.04. The van der Waals surface area contributed by atoms with Crippen molar-refractivity contribution in [3.8, 4) is 0 Å². The number of aromatic nitrogens is 4. The minimum Gasteiger partial charge on any atom is -0.322 e. The van der Waals surface area contributed by atoms with Gasteiger partial charge in [0, 0.05) is 10.8 Å². The maximum atomic E-state index is 12.6. The summed E-state index contributed by atoms with van der Waals surface area (Å²) in [5.74, 6) is 0.629. The zero-order valence-electron chi connectivity index (χ0n) is 11.8. The fraction of sp³-hybridized carbons (Fsp3) is 0.214. The van der Waals surface area contributed by atoms with Gasteiger partial charge in [0.2, 0.25) is 0 Å². The highest BCUT2D eigenvalue weighted by Crippen LogP contribution is 2.35. The molecule has 1 aliphatic rings. The van der Waals surface area contributed by atoms with Gasteiger partial charge in [-0.3, -0.25) is 0 Å². The van der Waals surface area contributed by atoms with Crippen LogP contribution in [0.4, 0.5) is 0 Å². The Labute approximate surface area is 141 Å². The van der Waals surface area contributed by atoms with Gasteiger partial charge >= 0.3 is 0 Å². The van der Waals surface area contributed by atoms with E-state index in [4.69, 9.17) is 11.6 Å². The summed E-state index contributed by atoms with van der Waals surface area (Å²) in [7, 11) is -3.42. The molecule has 1 aliphatic heterocycles. The van der Waals surface area contributed by atoms with Crippen LogP contribution in [-0.2, 0) is 9.84 Å². The highest BCUT2D eigenvalue weighted by molar-refractivity contribution is 7.99. The summed E-state index contributed by atoms with van der Waals surface area (Å²) in [4.78, 5) is 12.9. The molecule has 23 heavy (non-hydrogen) atoms. The van der Waals surface area contributed by atoms with Crippen LogP contribution in [0.5, 0.6) is 0 Å². The summed E-state index contributed by atoms with van der Waals surface area (Å²) >= 11 is 7.36. The molecule has 0 saturated carbocycles. The van der Waals surface area contributed by atoms with E-state index in [1.54, 1.807) is 18.5 Å². The van der Waals surface area contributed by atoms with Crippen LogP contribution in [0.3, 0.4) is 0 Å². The van der Waals surface area contributed by atoms with E-state index < -0.39 is 9.84 Å². The molecular formula is C14H11ClN4O2S2. The van der Waals surface area contributed by atoms with Crippen molar-refractivity contribution in [3.63, 3.8) is 0 Å². The standard InChI is InChI=1S/C14H11ClN4O2S2/c15-9-1-3-11(4-2-9)23(20,21)6-10-5-22-14-12-13(16-7-17-14)18-8-19(10)12/h1-4,7-8,10H,5-6H2. The third-order valence-corrected chi connectivity index (χ3v) is 6.91. The lowest BCUT2D eigenvalue weighted by molar-refractivity contribution is 0.563. The fourth-order valence-electron chi connectivity index (χ4n) is 2.61. The van der Waals surface area contributed by atoms with Crippen LogP contribution >= 0.6 is 23.4 Å². The van der Waals surface area contributed by atoms with Crippen molar-refractivity contribution in [2.75, 3.05) is 11.5 Å². The number of halogens is 1. The number of benzene rings is 1. The highest BCUT2D eigenvalue weighted by Gasteiger charge is 2.29. The van der Waals surface area contributed by atoms with Crippen molar-refractivity contribution in [1.29, 1.82) is 0 Å². The molecule has 1 aromatic carbocycles. The molecule has 9 heteroatoms. The molecule has 4 rings (SSSR count). The van der Waals surface area contributed by atoms with Gasteiger partial charge in [-0.2, -0.15) is 0 Å². The van der Waals surface area contributed by atoms with Gasteiger partial charge in [0.1, 0.15) is 16.9 Å². The number of rotatable bonds is 3. The summed E-state index contributed by atoms with van der Waals surface area (Å²) in [6.45, 7) is 0. The lowest BCUT2D eigenvalue weighted by Crippen LogP contribution is -2.24. The number of hydrogen-bond acceptors (Lipinski definition) is 6. The molecule has 0 bridgehead atoms. The average Bonchev–Trinajstić information content (AvgIpc) is 2.97. The van der Waals surface area contributed by atoms with Gasteiger partial charge in [0.15, 0.2) is 15.5 Å². The lowest BCUT2D eigenvalue weighted by atomic mass is 10.3. The van der Waals surface area contributed by atoms with Crippen LogP contribution < -0.4 is 0 Å². The lowest BCUT2D eigenvalue weighted by Gasteiger charge is -2.23. The van der Waals surface area contributed by atoms with E-state index in [9.17, 15) is 8.42 Å². The number of nitrogens with zero attached hydrogens (tertiary/aromatic N) is 4. The number of thioether (sulfide) groups is 1. The molecule has 1 unspecified atom stereocenters. The van der Waals surface area contributed by atoms with E-state index in [-0.39, 0.29) is 16.7 Å². The molecule has 118 valence electrons. The molecule has 0 fully saturated rings. The molecule has 2 aromatic heterocycles. The quantitative estimate of drug-likeness (QED) is 0.663. The Morgan fingerprint density at radius 3 is 2.78 bits per heavy atom. The average molecular weight is 367 g/mol.